The number of fused-ring (bicyclic) bond motifs is 1. The predicted octanol–water partition coefficient (Wildman–Crippen LogP) is 4.18. The monoisotopic (exact) mass is 395 g/mol. The van der Waals surface area contributed by atoms with Crippen molar-refractivity contribution in [1.82, 2.24) is 10.3 Å². The van der Waals surface area contributed by atoms with Crippen molar-refractivity contribution in [2.45, 2.75) is 6.42 Å². The van der Waals surface area contributed by atoms with E-state index in [0.29, 0.717) is 35.0 Å². The third-order valence-corrected chi connectivity index (χ3v) is 4.49. The van der Waals surface area contributed by atoms with E-state index in [1.165, 1.54) is 0 Å². The van der Waals surface area contributed by atoms with Crippen molar-refractivity contribution < 1.29 is 14.3 Å². The molecule has 142 valence electrons. The summed E-state index contributed by atoms with van der Waals surface area (Å²) >= 11 is 5.98. The lowest BCUT2D eigenvalue weighted by Crippen LogP contribution is -2.25. The van der Waals surface area contributed by atoms with Gasteiger partial charge in [-0.3, -0.25) is 9.78 Å². The van der Waals surface area contributed by atoms with E-state index >= 15 is 0 Å². The Morgan fingerprint density at radius 1 is 1.04 bits per heavy atom. The largest absolute Gasteiger partial charge is 0.454 e. The van der Waals surface area contributed by atoms with Crippen LogP contribution >= 0.6 is 11.6 Å². The number of amides is 1. The lowest BCUT2D eigenvalue weighted by molar-refractivity contribution is 0.0954. The van der Waals surface area contributed by atoms with Crippen molar-refractivity contribution in [2.75, 3.05) is 18.7 Å². The number of benzene rings is 2. The number of hydrogen-bond donors (Lipinski definition) is 2. The number of rotatable bonds is 6. The highest BCUT2D eigenvalue weighted by atomic mass is 35.5. The van der Waals surface area contributed by atoms with Crippen LogP contribution in [0.5, 0.6) is 11.5 Å². The van der Waals surface area contributed by atoms with Crippen LogP contribution in [0.25, 0.3) is 0 Å². The molecular weight excluding hydrogens is 378 g/mol. The van der Waals surface area contributed by atoms with Gasteiger partial charge in [-0.15, -0.1) is 0 Å². The minimum atomic E-state index is -0.177. The third-order valence-electron chi connectivity index (χ3n) is 4.25. The molecule has 0 saturated carbocycles. The van der Waals surface area contributed by atoms with Crippen LogP contribution in [-0.2, 0) is 6.42 Å². The molecule has 1 amide bonds. The number of carbonyl (C=O) groups excluding carboxylic acids is 1. The average molecular weight is 396 g/mol. The van der Waals surface area contributed by atoms with Crippen LogP contribution in [-0.4, -0.2) is 24.2 Å². The van der Waals surface area contributed by atoms with Gasteiger partial charge >= 0.3 is 0 Å². The molecule has 7 heteroatoms. The standard InChI is InChI=1S/C21H18ClN3O3/c22-16-3-1-2-14(8-16)6-7-24-21(26)15-9-18(12-23-11-15)25-17-4-5-19-20(10-17)28-13-27-19/h1-5,8-12,25H,6-7,13H2,(H,24,26). The Bertz CT molecular complexity index is 1010. The molecule has 0 saturated heterocycles. The van der Waals surface area contributed by atoms with Gasteiger partial charge in [-0.2, -0.15) is 0 Å². The Labute approximate surface area is 167 Å². The molecule has 0 spiro atoms. The number of aromatic nitrogens is 1. The topological polar surface area (TPSA) is 72.5 Å². The quantitative estimate of drug-likeness (QED) is 0.655. The summed E-state index contributed by atoms with van der Waals surface area (Å²) in [5, 5.41) is 6.82. The molecule has 1 aliphatic rings. The highest BCUT2D eigenvalue weighted by Crippen LogP contribution is 2.35. The number of hydrogen-bond acceptors (Lipinski definition) is 5. The maximum Gasteiger partial charge on any atom is 0.252 e. The fourth-order valence-electron chi connectivity index (χ4n) is 2.89. The molecule has 0 fully saturated rings. The van der Waals surface area contributed by atoms with Gasteiger partial charge in [-0.1, -0.05) is 23.7 Å². The van der Waals surface area contributed by atoms with E-state index in [0.717, 1.165) is 17.0 Å². The molecule has 0 aliphatic carbocycles. The molecule has 28 heavy (non-hydrogen) atoms. The van der Waals surface area contributed by atoms with Crippen LogP contribution in [0.2, 0.25) is 5.02 Å². The molecule has 4 rings (SSSR count). The first kappa shape index (κ1) is 18.1. The second kappa shape index (κ2) is 8.19. The second-order valence-corrected chi connectivity index (χ2v) is 6.73. The summed E-state index contributed by atoms with van der Waals surface area (Å²) in [6, 6.07) is 14.9. The van der Waals surface area contributed by atoms with Crippen molar-refractivity contribution in [3.63, 3.8) is 0 Å². The van der Waals surface area contributed by atoms with Gasteiger partial charge in [0.15, 0.2) is 11.5 Å². The van der Waals surface area contributed by atoms with Crippen molar-refractivity contribution in [2.24, 2.45) is 0 Å². The fraction of sp³-hybridized carbons (Fsp3) is 0.143. The Morgan fingerprint density at radius 3 is 2.82 bits per heavy atom. The summed E-state index contributed by atoms with van der Waals surface area (Å²) in [5.41, 5.74) is 3.09. The minimum Gasteiger partial charge on any atom is -0.454 e. The first-order valence-corrected chi connectivity index (χ1v) is 9.19. The SMILES string of the molecule is O=C(NCCc1cccc(Cl)c1)c1cncc(Nc2ccc3c(c2)OCO3)c1. The number of nitrogens with one attached hydrogen (secondary N) is 2. The molecular formula is C21H18ClN3O3. The van der Waals surface area contributed by atoms with E-state index in [1.807, 2.05) is 42.5 Å². The van der Waals surface area contributed by atoms with Crippen molar-refractivity contribution in [3.05, 3.63) is 77.1 Å². The molecule has 0 atom stereocenters. The zero-order valence-electron chi connectivity index (χ0n) is 14.9. The van der Waals surface area contributed by atoms with Crippen LogP contribution in [0.1, 0.15) is 15.9 Å². The van der Waals surface area contributed by atoms with Crippen molar-refractivity contribution in [1.29, 1.82) is 0 Å². The van der Waals surface area contributed by atoms with E-state index in [4.69, 9.17) is 21.1 Å². The van der Waals surface area contributed by atoms with Gasteiger partial charge in [0, 0.05) is 29.5 Å². The number of nitrogens with zero attached hydrogens (tertiary/aromatic N) is 1. The maximum atomic E-state index is 12.4. The highest BCUT2D eigenvalue weighted by Gasteiger charge is 2.13. The Morgan fingerprint density at radius 2 is 1.93 bits per heavy atom. The second-order valence-electron chi connectivity index (χ2n) is 6.29. The molecule has 0 radical (unpaired) electrons. The van der Waals surface area contributed by atoms with Crippen molar-refractivity contribution >= 4 is 28.9 Å². The van der Waals surface area contributed by atoms with Gasteiger partial charge in [0.25, 0.3) is 5.91 Å². The van der Waals surface area contributed by atoms with Crippen LogP contribution in [0.4, 0.5) is 11.4 Å². The molecule has 2 aromatic carbocycles. The van der Waals surface area contributed by atoms with E-state index in [-0.39, 0.29) is 12.7 Å². The van der Waals surface area contributed by atoms with Gasteiger partial charge in [0.1, 0.15) is 0 Å². The van der Waals surface area contributed by atoms with Gasteiger partial charge in [-0.25, -0.2) is 0 Å². The van der Waals surface area contributed by atoms with Crippen molar-refractivity contribution in [3.8, 4) is 11.5 Å². The average Bonchev–Trinajstić information content (AvgIpc) is 3.16. The molecule has 3 aromatic rings. The van der Waals surface area contributed by atoms with Gasteiger partial charge < -0.3 is 20.1 Å². The zero-order valence-corrected chi connectivity index (χ0v) is 15.7. The summed E-state index contributed by atoms with van der Waals surface area (Å²) < 4.78 is 10.7. The summed E-state index contributed by atoms with van der Waals surface area (Å²) in [5.74, 6) is 1.23. The smallest absolute Gasteiger partial charge is 0.252 e. The van der Waals surface area contributed by atoms with E-state index < -0.39 is 0 Å². The minimum absolute atomic E-state index is 0.177. The lowest BCUT2D eigenvalue weighted by Gasteiger charge is -2.09. The highest BCUT2D eigenvalue weighted by molar-refractivity contribution is 6.30. The Balaban J connectivity index is 1.37. The Kier molecular flexibility index (Phi) is 5.30. The normalized spacial score (nSPS) is 11.9. The summed E-state index contributed by atoms with van der Waals surface area (Å²) in [6.07, 6.45) is 3.90. The number of halogens is 1. The number of carbonyl (C=O) groups is 1. The number of anilines is 2. The molecule has 1 aliphatic heterocycles. The van der Waals surface area contributed by atoms with Crippen LogP contribution < -0.4 is 20.1 Å². The molecule has 2 heterocycles. The van der Waals surface area contributed by atoms with Gasteiger partial charge in [-0.05, 0) is 42.3 Å². The van der Waals surface area contributed by atoms with E-state index in [1.54, 1.807) is 18.5 Å². The van der Waals surface area contributed by atoms with Crippen LogP contribution in [0.15, 0.2) is 60.9 Å². The molecule has 1 aromatic heterocycles. The molecule has 0 unspecified atom stereocenters. The summed E-state index contributed by atoms with van der Waals surface area (Å²) in [4.78, 5) is 16.6. The first-order chi connectivity index (χ1) is 13.7. The van der Waals surface area contributed by atoms with E-state index in [2.05, 4.69) is 15.6 Å². The third kappa shape index (κ3) is 4.35. The predicted molar refractivity (Wildman–Crippen MR) is 108 cm³/mol. The van der Waals surface area contributed by atoms with Crippen LogP contribution in [0, 0.1) is 0 Å². The fourth-order valence-corrected chi connectivity index (χ4v) is 3.10. The zero-order chi connectivity index (χ0) is 19.3. The summed E-state index contributed by atoms with van der Waals surface area (Å²) in [7, 11) is 0. The number of pyridine rings is 1. The molecule has 6 nitrogen and oxygen atoms in total. The molecule has 2 N–H and O–H groups in total. The van der Waals surface area contributed by atoms with Crippen LogP contribution in [0.3, 0.4) is 0 Å². The Hall–Kier alpha value is -3.25. The first-order valence-electron chi connectivity index (χ1n) is 8.82. The summed E-state index contributed by atoms with van der Waals surface area (Å²) in [6.45, 7) is 0.740. The van der Waals surface area contributed by atoms with Gasteiger partial charge in [0.05, 0.1) is 17.4 Å². The lowest BCUT2D eigenvalue weighted by atomic mass is 10.1. The van der Waals surface area contributed by atoms with E-state index in [9.17, 15) is 4.79 Å². The van der Waals surface area contributed by atoms with Gasteiger partial charge in [0.2, 0.25) is 6.79 Å². The number of ether oxygens (including phenoxy) is 2. The maximum absolute atomic E-state index is 12.4. The molecule has 0 bridgehead atoms.